The molecule has 0 atom stereocenters. The number of hydrogen-bond acceptors (Lipinski definition) is 6. The maximum Gasteiger partial charge on any atom is 0.371 e. The molecular weight excluding hydrogens is 236 g/mol. The van der Waals surface area contributed by atoms with E-state index in [9.17, 15) is 4.79 Å². The van der Waals surface area contributed by atoms with Crippen LogP contribution < -0.4 is 5.32 Å². The summed E-state index contributed by atoms with van der Waals surface area (Å²) in [6.07, 6.45) is 2.81. The van der Waals surface area contributed by atoms with Gasteiger partial charge in [-0.25, -0.2) is 9.78 Å². The molecule has 2 heterocycles. The van der Waals surface area contributed by atoms with Crippen LogP contribution in [0.2, 0.25) is 0 Å². The van der Waals surface area contributed by atoms with Crippen molar-refractivity contribution in [2.45, 2.75) is 6.54 Å². The summed E-state index contributed by atoms with van der Waals surface area (Å²) in [5.41, 5.74) is 0.200. The first-order chi connectivity index (χ1) is 8.69. The van der Waals surface area contributed by atoms with Gasteiger partial charge in [0.2, 0.25) is 5.76 Å². The molecule has 0 saturated carbocycles. The van der Waals surface area contributed by atoms with Crippen molar-refractivity contribution >= 4 is 11.8 Å². The summed E-state index contributed by atoms with van der Waals surface area (Å²) in [5.74, 6) is -0.366. The van der Waals surface area contributed by atoms with Gasteiger partial charge in [-0.15, -0.1) is 0 Å². The lowest BCUT2D eigenvalue weighted by Gasteiger charge is -2.02. The second-order valence-electron chi connectivity index (χ2n) is 3.33. The molecule has 2 aromatic rings. The van der Waals surface area contributed by atoms with E-state index in [-0.39, 0.29) is 18.0 Å². The minimum atomic E-state index is -1.12. The maximum atomic E-state index is 10.6. The van der Waals surface area contributed by atoms with E-state index in [1.54, 1.807) is 6.07 Å². The van der Waals surface area contributed by atoms with Crippen LogP contribution in [0.1, 0.15) is 22.0 Å². The molecule has 0 saturated heterocycles. The Morgan fingerprint density at radius 1 is 1.50 bits per heavy atom. The number of anilines is 1. The topological polar surface area (TPSA) is 112 Å². The number of carbonyl (C=O) groups is 1. The Bertz CT molecular complexity index is 615. The van der Waals surface area contributed by atoms with Crippen LogP contribution in [0.15, 0.2) is 28.9 Å². The molecule has 0 bridgehead atoms. The van der Waals surface area contributed by atoms with E-state index in [2.05, 4.69) is 15.3 Å². The number of rotatable bonds is 4. The Labute approximate surface area is 102 Å². The Morgan fingerprint density at radius 3 is 3.00 bits per heavy atom. The third-order valence-electron chi connectivity index (χ3n) is 2.07. The van der Waals surface area contributed by atoms with Crippen molar-refractivity contribution in [3.63, 3.8) is 0 Å². The zero-order valence-corrected chi connectivity index (χ0v) is 9.12. The van der Waals surface area contributed by atoms with E-state index in [1.165, 1.54) is 18.5 Å². The zero-order chi connectivity index (χ0) is 13.0. The highest BCUT2D eigenvalue weighted by Gasteiger charge is 2.08. The SMILES string of the molecule is N#Cc1cncc(NCc2ccc(C(=O)O)o2)n1. The largest absolute Gasteiger partial charge is 0.475 e. The van der Waals surface area contributed by atoms with E-state index in [0.29, 0.717) is 11.6 Å². The fraction of sp³-hybridized carbons (Fsp3) is 0.0909. The van der Waals surface area contributed by atoms with Gasteiger partial charge in [0, 0.05) is 0 Å². The van der Waals surface area contributed by atoms with Gasteiger partial charge in [0.05, 0.1) is 18.9 Å². The van der Waals surface area contributed by atoms with Crippen molar-refractivity contribution in [1.82, 2.24) is 9.97 Å². The molecule has 0 aliphatic heterocycles. The molecule has 0 spiro atoms. The molecule has 0 fully saturated rings. The number of carboxylic acids is 1. The van der Waals surface area contributed by atoms with Crippen LogP contribution in [0.3, 0.4) is 0 Å². The number of nitrogens with zero attached hydrogens (tertiary/aromatic N) is 3. The Morgan fingerprint density at radius 2 is 2.33 bits per heavy atom. The van der Waals surface area contributed by atoms with Crippen molar-refractivity contribution in [3.05, 3.63) is 41.7 Å². The molecule has 2 rings (SSSR count). The molecule has 2 N–H and O–H groups in total. The minimum absolute atomic E-state index is 0.122. The predicted octanol–water partition coefficient (Wildman–Crippen LogP) is 1.25. The number of aromatic carboxylic acids is 1. The number of nitriles is 1. The van der Waals surface area contributed by atoms with Crippen LogP contribution in [0.4, 0.5) is 5.82 Å². The Kier molecular flexibility index (Phi) is 3.20. The molecule has 18 heavy (non-hydrogen) atoms. The van der Waals surface area contributed by atoms with Gasteiger partial charge in [-0.2, -0.15) is 5.26 Å². The lowest BCUT2D eigenvalue weighted by atomic mass is 10.4. The van der Waals surface area contributed by atoms with Crippen LogP contribution in [0, 0.1) is 11.3 Å². The first-order valence-electron chi connectivity index (χ1n) is 4.97. The van der Waals surface area contributed by atoms with E-state index in [0.717, 1.165) is 0 Å². The normalized spacial score (nSPS) is 9.72. The first kappa shape index (κ1) is 11.6. The fourth-order valence-electron chi connectivity index (χ4n) is 1.27. The van der Waals surface area contributed by atoms with Crippen molar-refractivity contribution < 1.29 is 14.3 Å². The van der Waals surface area contributed by atoms with Gasteiger partial charge in [0.15, 0.2) is 5.69 Å². The molecule has 7 heteroatoms. The highest BCUT2D eigenvalue weighted by Crippen LogP contribution is 2.10. The van der Waals surface area contributed by atoms with Crippen LogP contribution >= 0.6 is 0 Å². The van der Waals surface area contributed by atoms with Crippen LogP contribution in [-0.4, -0.2) is 21.0 Å². The lowest BCUT2D eigenvalue weighted by molar-refractivity contribution is 0.0660. The standard InChI is InChI=1S/C11H8N4O3/c12-3-7-4-13-6-10(15-7)14-5-8-1-2-9(18-8)11(16)17/h1-2,4,6H,5H2,(H,14,15)(H,16,17). The van der Waals surface area contributed by atoms with Crippen LogP contribution in [0.25, 0.3) is 0 Å². The van der Waals surface area contributed by atoms with Crippen LogP contribution in [-0.2, 0) is 6.54 Å². The summed E-state index contributed by atoms with van der Waals surface area (Å²) in [4.78, 5) is 18.4. The Balaban J connectivity index is 2.02. The number of hydrogen-bond donors (Lipinski definition) is 2. The smallest absolute Gasteiger partial charge is 0.371 e. The van der Waals surface area contributed by atoms with E-state index >= 15 is 0 Å². The predicted molar refractivity (Wildman–Crippen MR) is 59.7 cm³/mol. The monoisotopic (exact) mass is 244 g/mol. The summed E-state index contributed by atoms with van der Waals surface area (Å²) in [7, 11) is 0. The summed E-state index contributed by atoms with van der Waals surface area (Å²) in [5, 5.41) is 20.2. The first-order valence-corrected chi connectivity index (χ1v) is 4.97. The van der Waals surface area contributed by atoms with Crippen LogP contribution in [0.5, 0.6) is 0 Å². The third-order valence-corrected chi connectivity index (χ3v) is 2.07. The Hall–Kier alpha value is -2.88. The highest BCUT2D eigenvalue weighted by molar-refractivity contribution is 5.84. The summed E-state index contributed by atoms with van der Waals surface area (Å²) in [6, 6.07) is 4.80. The quantitative estimate of drug-likeness (QED) is 0.832. The zero-order valence-electron chi connectivity index (χ0n) is 9.12. The van der Waals surface area contributed by atoms with Gasteiger partial charge < -0.3 is 14.8 Å². The second kappa shape index (κ2) is 4.97. The molecule has 0 aliphatic carbocycles. The second-order valence-corrected chi connectivity index (χ2v) is 3.33. The van der Waals surface area contributed by atoms with Gasteiger partial charge in [-0.3, -0.25) is 4.98 Å². The highest BCUT2D eigenvalue weighted by atomic mass is 16.4. The molecule has 2 aromatic heterocycles. The van der Waals surface area contributed by atoms with Crippen molar-refractivity contribution in [2.24, 2.45) is 0 Å². The molecule has 0 aromatic carbocycles. The molecule has 0 aliphatic rings. The van der Waals surface area contributed by atoms with E-state index in [1.807, 2.05) is 6.07 Å². The molecule has 0 radical (unpaired) electrons. The fourth-order valence-corrected chi connectivity index (χ4v) is 1.27. The van der Waals surface area contributed by atoms with E-state index < -0.39 is 5.97 Å². The molecule has 0 unspecified atom stereocenters. The van der Waals surface area contributed by atoms with Gasteiger partial charge >= 0.3 is 5.97 Å². The van der Waals surface area contributed by atoms with Gasteiger partial charge in [-0.1, -0.05) is 0 Å². The minimum Gasteiger partial charge on any atom is -0.475 e. The summed E-state index contributed by atoms with van der Waals surface area (Å²) in [6.45, 7) is 0.261. The third kappa shape index (κ3) is 2.62. The summed E-state index contributed by atoms with van der Waals surface area (Å²) >= 11 is 0. The number of carboxylic acid groups (broad SMARTS) is 1. The molecular formula is C11H8N4O3. The lowest BCUT2D eigenvalue weighted by Crippen LogP contribution is -2.02. The average Bonchev–Trinajstić information content (AvgIpc) is 2.85. The number of nitrogens with one attached hydrogen (secondary N) is 1. The number of furan rings is 1. The summed E-state index contributed by atoms with van der Waals surface area (Å²) < 4.78 is 5.05. The number of aromatic nitrogens is 2. The average molecular weight is 244 g/mol. The maximum absolute atomic E-state index is 10.6. The van der Waals surface area contributed by atoms with Gasteiger partial charge in [0.1, 0.15) is 17.6 Å². The van der Waals surface area contributed by atoms with Gasteiger partial charge in [-0.05, 0) is 12.1 Å². The molecule has 0 amide bonds. The van der Waals surface area contributed by atoms with Crippen molar-refractivity contribution in [1.29, 1.82) is 5.26 Å². The molecule has 7 nitrogen and oxygen atoms in total. The van der Waals surface area contributed by atoms with E-state index in [4.69, 9.17) is 14.8 Å². The molecule has 90 valence electrons. The van der Waals surface area contributed by atoms with Crippen molar-refractivity contribution in [2.75, 3.05) is 5.32 Å². The van der Waals surface area contributed by atoms with Gasteiger partial charge in [0.25, 0.3) is 0 Å². The van der Waals surface area contributed by atoms with Crippen molar-refractivity contribution in [3.8, 4) is 6.07 Å².